The number of carbonyl (C=O) groups excluding carboxylic acids is 1. The third-order valence-corrected chi connectivity index (χ3v) is 4.59. The number of nitrogens with zero attached hydrogens (tertiary/aromatic N) is 2. The molecule has 0 unspecified atom stereocenters. The molecule has 2 N–H and O–H groups in total. The maximum absolute atomic E-state index is 14.7. The van der Waals surface area contributed by atoms with Crippen LogP contribution >= 0.6 is 12.2 Å². The summed E-state index contributed by atoms with van der Waals surface area (Å²) in [7, 11) is 0. The number of hydrogen-bond acceptors (Lipinski definition) is 6. The molecule has 0 aliphatic rings. The topological polar surface area (TPSA) is 76.4 Å². The molecule has 6 nitrogen and oxygen atoms in total. The Hall–Kier alpha value is -3.47. The summed E-state index contributed by atoms with van der Waals surface area (Å²) < 4.78 is 61.9. The fourth-order valence-corrected chi connectivity index (χ4v) is 3.24. The van der Waals surface area contributed by atoms with E-state index in [0.29, 0.717) is 18.2 Å². The highest BCUT2D eigenvalue weighted by Gasteiger charge is 2.25. The average molecular weight is 453 g/mol. The largest absolute Gasteiger partial charge is 0.506 e. The molecule has 0 spiro atoms. The van der Waals surface area contributed by atoms with Crippen molar-refractivity contribution in [1.29, 1.82) is 0 Å². The zero-order valence-electron chi connectivity index (χ0n) is 16.0. The Balaban J connectivity index is 2.47. The van der Waals surface area contributed by atoms with Gasteiger partial charge in [0.1, 0.15) is 16.0 Å². The van der Waals surface area contributed by atoms with Crippen LogP contribution in [0.2, 0.25) is 0 Å². The van der Waals surface area contributed by atoms with E-state index in [-0.39, 0.29) is 29.9 Å². The first-order valence-electron chi connectivity index (χ1n) is 8.86. The highest BCUT2D eigenvalue weighted by atomic mass is 32.1. The number of nitrogens with one attached hydrogen (secondary N) is 1. The third kappa shape index (κ3) is 3.96. The molecule has 0 saturated heterocycles. The van der Waals surface area contributed by atoms with Crippen molar-refractivity contribution in [2.75, 3.05) is 18.5 Å². The first kappa shape index (κ1) is 22.2. The van der Waals surface area contributed by atoms with Crippen LogP contribution in [0.15, 0.2) is 30.9 Å². The Morgan fingerprint density at radius 3 is 2.55 bits per heavy atom. The molecule has 0 atom stereocenters. The number of aromatic nitrogens is 2. The van der Waals surface area contributed by atoms with Crippen LogP contribution in [0.1, 0.15) is 17.3 Å². The molecule has 0 amide bonds. The van der Waals surface area contributed by atoms with E-state index in [0.717, 1.165) is 4.57 Å². The number of ether oxygens (including phenoxy) is 1. The van der Waals surface area contributed by atoms with Crippen molar-refractivity contribution < 1.29 is 32.2 Å². The standard InChI is InChI=1S/C20H15F4N3O3S/c1-3-5-25-17-12(23)7-13(24)18(26-17)27-14-8-11(22)10(21)6-9(14)16(28)15(19(27)31)20(29)30-4-2/h3,6-8,28H,1,4-5H2,2H3,(H,25,26). The Kier molecular flexibility index (Phi) is 6.25. The minimum Gasteiger partial charge on any atom is -0.506 e. The summed E-state index contributed by atoms with van der Waals surface area (Å²) in [6.45, 7) is 4.98. The number of hydrogen-bond donors (Lipinski definition) is 2. The van der Waals surface area contributed by atoms with Crippen molar-refractivity contribution in [3.8, 4) is 11.6 Å². The van der Waals surface area contributed by atoms with Gasteiger partial charge in [0.15, 0.2) is 34.9 Å². The summed E-state index contributed by atoms with van der Waals surface area (Å²) >= 11 is 5.23. The summed E-state index contributed by atoms with van der Waals surface area (Å²) in [6, 6.07) is 1.78. The molecule has 0 radical (unpaired) electrons. The SMILES string of the molecule is C=CCNc1nc(-n2c(=S)c(C(=O)OCC)c(O)c3cc(F)c(F)cc32)c(F)cc1F. The highest BCUT2D eigenvalue weighted by Crippen LogP contribution is 2.34. The lowest BCUT2D eigenvalue weighted by molar-refractivity contribution is 0.0522. The molecule has 11 heteroatoms. The van der Waals surface area contributed by atoms with Gasteiger partial charge >= 0.3 is 5.97 Å². The number of rotatable bonds is 6. The van der Waals surface area contributed by atoms with Gasteiger partial charge in [0.25, 0.3) is 0 Å². The van der Waals surface area contributed by atoms with Gasteiger partial charge in [-0.05, 0) is 13.0 Å². The molecule has 0 aliphatic heterocycles. The molecular weight excluding hydrogens is 438 g/mol. The van der Waals surface area contributed by atoms with Gasteiger partial charge in [-0.15, -0.1) is 6.58 Å². The van der Waals surface area contributed by atoms with E-state index < -0.39 is 51.0 Å². The average Bonchev–Trinajstić information content (AvgIpc) is 2.70. The number of esters is 1. The highest BCUT2D eigenvalue weighted by molar-refractivity contribution is 7.71. The van der Waals surface area contributed by atoms with Crippen LogP contribution in [-0.2, 0) is 4.74 Å². The van der Waals surface area contributed by atoms with E-state index in [9.17, 15) is 27.5 Å². The zero-order chi connectivity index (χ0) is 22.9. The zero-order valence-corrected chi connectivity index (χ0v) is 16.8. The molecule has 0 aliphatic carbocycles. The van der Waals surface area contributed by atoms with Crippen LogP contribution < -0.4 is 5.32 Å². The second-order valence-electron chi connectivity index (χ2n) is 6.16. The Morgan fingerprint density at radius 1 is 1.23 bits per heavy atom. The van der Waals surface area contributed by atoms with Crippen LogP contribution in [0.3, 0.4) is 0 Å². The fourth-order valence-electron chi connectivity index (χ4n) is 2.87. The van der Waals surface area contributed by atoms with E-state index >= 15 is 0 Å². The maximum Gasteiger partial charge on any atom is 0.345 e. The number of anilines is 1. The van der Waals surface area contributed by atoms with E-state index in [1.54, 1.807) is 0 Å². The van der Waals surface area contributed by atoms with Crippen molar-refractivity contribution >= 4 is 34.9 Å². The van der Waals surface area contributed by atoms with Gasteiger partial charge in [-0.3, -0.25) is 4.57 Å². The van der Waals surface area contributed by atoms with E-state index in [4.69, 9.17) is 17.0 Å². The summed E-state index contributed by atoms with van der Waals surface area (Å²) in [5.74, 6) is -7.73. The predicted molar refractivity (Wildman–Crippen MR) is 108 cm³/mol. The molecule has 31 heavy (non-hydrogen) atoms. The smallest absolute Gasteiger partial charge is 0.345 e. The molecule has 2 aromatic heterocycles. The predicted octanol–water partition coefficient (Wildman–Crippen LogP) is 4.79. The van der Waals surface area contributed by atoms with Crippen molar-refractivity contribution in [2.45, 2.75) is 6.92 Å². The van der Waals surface area contributed by atoms with Crippen molar-refractivity contribution in [2.24, 2.45) is 0 Å². The Morgan fingerprint density at radius 2 is 1.90 bits per heavy atom. The van der Waals surface area contributed by atoms with Crippen LogP contribution in [-0.4, -0.2) is 33.8 Å². The van der Waals surface area contributed by atoms with E-state index in [2.05, 4.69) is 16.9 Å². The number of benzene rings is 1. The first-order chi connectivity index (χ1) is 14.7. The lowest BCUT2D eigenvalue weighted by Crippen LogP contribution is -2.14. The maximum atomic E-state index is 14.7. The van der Waals surface area contributed by atoms with Crippen LogP contribution in [0, 0.1) is 27.9 Å². The summed E-state index contributed by atoms with van der Waals surface area (Å²) in [5.41, 5.74) is -0.886. The van der Waals surface area contributed by atoms with Crippen molar-refractivity contribution in [3.05, 3.63) is 64.3 Å². The third-order valence-electron chi connectivity index (χ3n) is 4.20. The van der Waals surface area contributed by atoms with E-state index in [1.165, 1.54) is 13.0 Å². The van der Waals surface area contributed by atoms with Gasteiger partial charge < -0.3 is 15.2 Å². The van der Waals surface area contributed by atoms with Crippen LogP contribution in [0.5, 0.6) is 5.75 Å². The molecule has 3 aromatic rings. The monoisotopic (exact) mass is 453 g/mol. The van der Waals surface area contributed by atoms with Gasteiger partial charge in [0.05, 0.1) is 12.1 Å². The summed E-state index contributed by atoms with van der Waals surface area (Å²) in [5, 5.41) is 12.7. The van der Waals surface area contributed by atoms with Crippen LogP contribution in [0.4, 0.5) is 23.4 Å². The van der Waals surface area contributed by atoms with E-state index in [1.807, 2.05) is 0 Å². The Bertz CT molecular complexity index is 1280. The minimum absolute atomic E-state index is 0.0817. The molecule has 0 bridgehead atoms. The van der Waals surface area contributed by atoms with Crippen molar-refractivity contribution in [3.63, 3.8) is 0 Å². The lowest BCUT2D eigenvalue weighted by Gasteiger charge is -2.17. The summed E-state index contributed by atoms with van der Waals surface area (Å²) in [4.78, 5) is 16.2. The lowest BCUT2D eigenvalue weighted by atomic mass is 10.1. The van der Waals surface area contributed by atoms with Crippen molar-refractivity contribution in [1.82, 2.24) is 9.55 Å². The number of aromatic hydroxyl groups is 1. The molecule has 2 heterocycles. The second kappa shape index (κ2) is 8.72. The quantitative estimate of drug-likeness (QED) is 0.242. The van der Waals surface area contributed by atoms with Gasteiger partial charge in [-0.25, -0.2) is 27.3 Å². The molecule has 0 saturated carbocycles. The number of pyridine rings is 2. The normalized spacial score (nSPS) is 10.9. The minimum atomic E-state index is -1.33. The fraction of sp³-hybridized carbons (Fsp3) is 0.150. The number of fused-ring (bicyclic) bond motifs is 1. The number of carbonyl (C=O) groups is 1. The Labute approximate surface area is 178 Å². The number of halogens is 4. The van der Waals surface area contributed by atoms with Gasteiger partial charge in [-0.1, -0.05) is 18.3 Å². The van der Waals surface area contributed by atoms with Gasteiger partial charge in [0.2, 0.25) is 0 Å². The molecular formula is C20H15F4N3O3S. The molecule has 1 aromatic carbocycles. The first-order valence-corrected chi connectivity index (χ1v) is 9.27. The summed E-state index contributed by atoms with van der Waals surface area (Å²) in [6.07, 6.45) is 1.41. The molecule has 0 fully saturated rings. The molecule has 162 valence electrons. The van der Waals surface area contributed by atoms with Crippen LogP contribution in [0.25, 0.3) is 16.7 Å². The molecule has 3 rings (SSSR count). The second-order valence-corrected chi connectivity index (χ2v) is 6.55. The van der Waals surface area contributed by atoms with Gasteiger partial charge in [0, 0.05) is 24.1 Å². The van der Waals surface area contributed by atoms with Gasteiger partial charge in [-0.2, -0.15) is 0 Å².